The van der Waals surface area contributed by atoms with Crippen molar-refractivity contribution in [3.8, 4) is 10.6 Å². The normalized spacial score (nSPS) is 15.9. The van der Waals surface area contributed by atoms with Gasteiger partial charge in [0, 0.05) is 34.7 Å². The van der Waals surface area contributed by atoms with Crippen LogP contribution in [0.15, 0.2) is 53.3 Å². The minimum Gasteiger partial charge on any atom is -0.351 e. The molecule has 0 aliphatic carbocycles. The fourth-order valence-corrected chi connectivity index (χ4v) is 6.41. The summed E-state index contributed by atoms with van der Waals surface area (Å²) < 4.78 is 26.7. The summed E-state index contributed by atoms with van der Waals surface area (Å²) in [5.74, 6) is -0.179. The smallest absolute Gasteiger partial charge is 0.236 e. The monoisotopic (exact) mass is 487 g/mol. The number of aromatic nitrogens is 1. The van der Waals surface area contributed by atoms with Crippen LogP contribution in [0, 0.1) is 12.8 Å². The number of nitrogens with zero attached hydrogens (tertiary/aromatic N) is 2. The van der Waals surface area contributed by atoms with Crippen molar-refractivity contribution in [2.24, 2.45) is 5.92 Å². The van der Waals surface area contributed by atoms with Crippen molar-refractivity contribution in [1.82, 2.24) is 14.6 Å². The SMILES string of the molecule is Cc1nc(-c2ccc(CNC(=O)C3CCN(S(=O)(=O)C=Cc4ccccc4)CC3)s2)cs1. The number of benzene rings is 1. The molecule has 6 nitrogen and oxygen atoms in total. The molecule has 32 heavy (non-hydrogen) atoms. The third-order valence-electron chi connectivity index (χ3n) is 5.39. The third kappa shape index (κ3) is 5.72. The number of hydrogen-bond acceptors (Lipinski definition) is 6. The van der Waals surface area contributed by atoms with E-state index in [4.69, 9.17) is 0 Å². The molecule has 0 saturated carbocycles. The minimum absolute atomic E-state index is 0.0127. The zero-order valence-corrected chi connectivity index (χ0v) is 20.2. The second-order valence-corrected chi connectivity index (χ2v) is 11.7. The number of thiophene rings is 1. The van der Waals surface area contributed by atoms with Crippen LogP contribution in [0.1, 0.15) is 28.3 Å². The number of sulfonamides is 1. The molecule has 9 heteroatoms. The first-order chi connectivity index (χ1) is 15.4. The molecule has 1 amide bonds. The molecule has 3 heterocycles. The number of carbonyl (C=O) groups excluding carboxylic acids is 1. The lowest BCUT2D eigenvalue weighted by molar-refractivity contribution is -0.126. The Labute approximate surface area is 196 Å². The molecule has 1 fully saturated rings. The maximum Gasteiger partial charge on any atom is 0.236 e. The number of aryl methyl sites for hydroxylation is 1. The molecule has 0 radical (unpaired) electrons. The fourth-order valence-electron chi connectivity index (χ4n) is 3.59. The minimum atomic E-state index is -3.49. The van der Waals surface area contributed by atoms with Crippen molar-refractivity contribution in [2.75, 3.05) is 13.1 Å². The first kappa shape index (κ1) is 22.8. The van der Waals surface area contributed by atoms with Gasteiger partial charge in [-0.2, -0.15) is 4.31 Å². The summed E-state index contributed by atoms with van der Waals surface area (Å²) in [5.41, 5.74) is 1.82. The summed E-state index contributed by atoms with van der Waals surface area (Å²) >= 11 is 3.25. The maximum absolute atomic E-state index is 12.6. The average molecular weight is 488 g/mol. The van der Waals surface area contributed by atoms with Crippen LogP contribution < -0.4 is 5.32 Å². The zero-order valence-electron chi connectivity index (χ0n) is 17.7. The van der Waals surface area contributed by atoms with E-state index in [0.717, 1.165) is 26.0 Å². The van der Waals surface area contributed by atoms with E-state index in [9.17, 15) is 13.2 Å². The van der Waals surface area contributed by atoms with E-state index in [2.05, 4.69) is 10.3 Å². The molecule has 1 aromatic carbocycles. The molecular weight excluding hydrogens is 462 g/mol. The summed E-state index contributed by atoms with van der Waals surface area (Å²) in [5, 5.41) is 7.34. The highest BCUT2D eigenvalue weighted by atomic mass is 32.2. The van der Waals surface area contributed by atoms with E-state index in [1.807, 2.05) is 54.8 Å². The fraction of sp³-hybridized carbons (Fsp3) is 0.304. The number of nitrogens with one attached hydrogen (secondary N) is 1. The summed E-state index contributed by atoms with van der Waals surface area (Å²) in [6.45, 7) is 3.17. The first-order valence-electron chi connectivity index (χ1n) is 10.4. The number of hydrogen-bond donors (Lipinski definition) is 1. The first-order valence-corrected chi connectivity index (χ1v) is 13.6. The molecule has 4 rings (SSSR count). The van der Waals surface area contributed by atoms with Crippen LogP contribution >= 0.6 is 22.7 Å². The predicted octanol–water partition coefficient (Wildman–Crippen LogP) is 4.51. The molecule has 3 aromatic rings. The number of thiazole rings is 1. The lowest BCUT2D eigenvalue weighted by Crippen LogP contribution is -2.42. The topological polar surface area (TPSA) is 79.4 Å². The quantitative estimate of drug-likeness (QED) is 0.532. The van der Waals surface area contributed by atoms with Crippen LogP contribution in [-0.2, 0) is 21.4 Å². The van der Waals surface area contributed by atoms with E-state index in [1.165, 1.54) is 9.71 Å². The molecule has 0 unspecified atom stereocenters. The predicted molar refractivity (Wildman–Crippen MR) is 131 cm³/mol. The Hall–Kier alpha value is -2.33. The number of piperidine rings is 1. The van der Waals surface area contributed by atoms with Gasteiger partial charge >= 0.3 is 0 Å². The van der Waals surface area contributed by atoms with Crippen LogP contribution in [0.3, 0.4) is 0 Å². The van der Waals surface area contributed by atoms with Crippen molar-refractivity contribution in [3.63, 3.8) is 0 Å². The van der Waals surface area contributed by atoms with E-state index in [0.29, 0.717) is 32.5 Å². The van der Waals surface area contributed by atoms with E-state index in [1.54, 1.807) is 28.7 Å². The summed E-state index contributed by atoms with van der Waals surface area (Å²) in [6, 6.07) is 13.4. The Kier molecular flexibility index (Phi) is 7.20. The highest BCUT2D eigenvalue weighted by Crippen LogP contribution is 2.29. The van der Waals surface area contributed by atoms with Crippen molar-refractivity contribution in [2.45, 2.75) is 26.3 Å². The second-order valence-electron chi connectivity index (χ2n) is 7.67. The molecular formula is C23H25N3O3S3. The number of carbonyl (C=O) groups is 1. The van der Waals surface area contributed by atoms with E-state index >= 15 is 0 Å². The zero-order chi connectivity index (χ0) is 22.6. The summed E-state index contributed by atoms with van der Waals surface area (Å²) in [4.78, 5) is 19.3. The molecule has 1 aliphatic heterocycles. The molecule has 1 saturated heterocycles. The van der Waals surface area contributed by atoms with Gasteiger partial charge in [-0.05, 0) is 43.5 Å². The van der Waals surface area contributed by atoms with Crippen molar-refractivity contribution < 1.29 is 13.2 Å². The summed E-state index contributed by atoms with van der Waals surface area (Å²) in [7, 11) is -3.49. The van der Waals surface area contributed by atoms with Crippen LogP contribution in [0.2, 0.25) is 0 Å². The highest BCUT2D eigenvalue weighted by Gasteiger charge is 2.29. The molecule has 168 valence electrons. The lowest BCUT2D eigenvalue weighted by Gasteiger charge is -2.29. The van der Waals surface area contributed by atoms with Gasteiger partial charge < -0.3 is 5.32 Å². The Morgan fingerprint density at radius 2 is 1.94 bits per heavy atom. The van der Waals surface area contributed by atoms with Gasteiger partial charge in [-0.1, -0.05) is 30.3 Å². The van der Waals surface area contributed by atoms with Crippen LogP contribution in [0.25, 0.3) is 16.6 Å². The van der Waals surface area contributed by atoms with Gasteiger partial charge in [0.15, 0.2) is 0 Å². The van der Waals surface area contributed by atoms with Crippen molar-refractivity contribution in [3.05, 3.63) is 68.7 Å². The molecule has 0 atom stereocenters. The molecule has 0 bridgehead atoms. The highest BCUT2D eigenvalue weighted by molar-refractivity contribution is 7.92. The Bertz CT molecular complexity index is 1190. The van der Waals surface area contributed by atoms with Gasteiger partial charge in [0.2, 0.25) is 15.9 Å². The van der Waals surface area contributed by atoms with Gasteiger partial charge in [0.05, 0.1) is 22.1 Å². The Morgan fingerprint density at radius 1 is 1.19 bits per heavy atom. The van der Waals surface area contributed by atoms with Crippen LogP contribution in [-0.4, -0.2) is 36.7 Å². The lowest BCUT2D eigenvalue weighted by atomic mass is 9.97. The molecule has 2 aromatic heterocycles. The van der Waals surface area contributed by atoms with Gasteiger partial charge in [-0.15, -0.1) is 22.7 Å². The number of amides is 1. The standard InChI is InChI=1S/C23H25N3O3S3/c1-17-25-21(16-30-17)22-8-7-20(31-22)15-24-23(27)19-9-12-26(13-10-19)32(28,29)14-11-18-5-3-2-4-6-18/h2-8,11,14,16,19H,9-10,12-13,15H2,1H3,(H,24,27). The molecule has 1 N–H and O–H groups in total. The Morgan fingerprint density at radius 3 is 2.62 bits per heavy atom. The number of rotatable bonds is 7. The van der Waals surface area contributed by atoms with Crippen molar-refractivity contribution in [1.29, 1.82) is 0 Å². The van der Waals surface area contributed by atoms with E-state index in [-0.39, 0.29) is 11.8 Å². The third-order valence-corrected chi connectivity index (χ3v) is 8.83. The van der Waals surface area contributed by atoms with Gasteiger partial charge in [-0.25, -0.2) is 13.4 Å². The van der Waals surface area contributed by atoms with Crippen LogP contribution in [0.4, 0.5) is 0 Å². The van der Waals surface area contributed by atoms with Gasteiger partial charge in [0.25, 0.3) is 0 Å². The molecule has 0 spiro atoms. The summed E-state index contributed by atoms with van der Waals surface area (Å²) in [6.07, 6.45) is 2.66. The van der Waals surface area contributed by atoms with Crippen LogP contribution in [0.5, 0.6) is 0 Å². The van der Waals surface area contributed by atoms with Crippen molar-refractivity contribution >= 4 is 44.7 Å². The second kappa shape index (κ2) is 10.1. The van der Waals surface area contributed by atoms with Gasteiger partial charge in [0.1, 0.15) is 0 Å². The molecule has 1 aliphatic rings. The maximum atomic E-state index is 12.6. The Balaban J connectivity index is 1.26. The largest absolute Gasteiger partial charge is 0.351 e. The van der Waals surface area contributed by atoms with E-state index < -0.39 is 10.0 Å². The average Bonchev–Trinajstić information content (AvgIpc) is 3.46. The van der Waals surface area contributed by atoms with Gasteiger partial charge in [-0.3, -0.25) is 4.79 Å².